The molecule has 0 amide bonds. The average molecular weight is 322 g/mol. The van der Waals surface area contributed by atoms with Gasteiger partial charge in [0, 0.05) is 11.6 Å². The number of halogens is 4. The Morgan fingerprint density at radius 1 is 1.45 bits per heavy atom. The molecule has 1 aliphatic carbocycles. The van der Waals surface area contributed by atoms with Gasteiger partial charge >= 0.3 is 5.69 Å². The number of alkyl halides is 2. The zero-order valence-electron chi connectivity index (χ0n) is 10.3. The SMILES string of the molecule is C=CCn1c(C(F)F)nn(C2=C(Cl)C=C(Cl)CC2)c1=O. The van der Waals surface area contributed by atoms with Gasteiger partial charge in [-0.15, -0.1) is 11.7 Å². The second kappa shape index (κ2) is 5.93. The maximum atomic E-state index is 12.9. The molecule has 0 unspecified atom stereocenters. The van der Waals surface area contributed by atoms with E-state index in [-0.39, 0.29) is 11.6 Å². The van der Waals surface area contributed by atoms with E-state index in [1.54, 1.807) is 0 Å². The first-order chi connectivity index (χ1) is 9.45. The van der Waals surface area contributed by atoms with Crippen LogP contribution < -0.4 is 5.69 Å². The van der Waals surface area contributed by atoms with Crippen LogP contribution >= 0.6 is 23.2 Å². The van der Waals surface area contributed by atoms with Gasteiger partial charge in [-0.3, -0.25) is 4.57 Å². The minimum absolute atomic E-state index is 0.0417. The smallest absolute Gasteiger partial charge is 0.270 e. The molecule has 2 rings (SSSR count). The van der Waals surface area contributed by atoms with Crippen LogP contribution in [-0.4, -0.2) is 14.3 Å². The predicted octanol–water partition coefficient (Wildman–Crippen LogP) is 3.49. The number of aromatic nitrogens is 3. The summed E-state index contributed by atoms with van der Waals surface area (Å²) in [7, 11) is 0. The summed E-state index contributed by atoms with van der Waals surface area (Å²) in [6.45, 7) is 3.40. The Morgan fingerprint density at radius 2 is 2.15 bits per heavy atom. The van der Waals surface area contributed by atoms with Crippen molar-refractivity contribution in [1.29, 1.82) is 0 Å². The normalized spacial score (nSPS) is 15.8. The van der Waals surface area contributed by atoms with Gasteiger partial charge in [-0.25, -0.2) is 13.6 Å². The van der Waals surface area contributed by atoms with Gasteiger partial charge in [0.1, 0.15) is 0 Å². The summed E-state index contributed by atoms with van der Waals surface area (Å²) in [4.78, 5) is 12.1. The fourth-order valence-electron chi connectivity index (χ4n) is 1.91. The van der Waals surface area contributed by atoms with Crippen LogP contribution in [0.5, 0.6) is 0 Å². The molecule has 0 N–H and O–H groups in total. The summed E-state index contributed by atoms with van der Waals surface area (Å²) >= 11 is 11.8. The van der Waals surface area contributed by atoms with Gasteiger partial charge in [0.25, 0.3) is 6.43 Å². The molecule has 1 aliphatic rings. The first-order valence-electron chi connectivity index (χ1n) is 5.79. The highest BCUT2D eigenvalue weighted by Gasteiger charge is 2.24. The van der Waals surface area contributed by atoms with Crippen LogP contribution in [0.3, 0.4) is 0 Å². The topological polar surface area (TPSA) is 39.8 Å². The first kappa shape index (κ1) is 15.0. The summed E-state index contributed by atoms with van der Waals surface area (Å²) in [5.74, 6) is -0.604. The van der Waals surface area contributed by atoms with E-state index in [1.807, 2.05) is 0 Å². The van der Waals surface area contributed by atoms with E-state index in [9.17, 15) is 13.6 Å². The van der Waals surface area contributed by atoms with Crippen molar-refractivity contribution in [1.82, 2.24) is 14.3 Å². The largest absolute Gasteiger partial charge is 0.350 e. The lowest BCUT2D eigenvalue weighted by molar-refractivity contribution is 0.135. The Labute approximate surface area is 123 Å². The summed E-state index contributed by atoms with van der Waals surface area (Å²) in [5.41, 5.74) is -0.300. The molecule has 0 saturated carbocycles. The Kier molecular flexibility index (Phi) is 4.45. The Hall–Kier alpha value is -1.40. The first-order valence-corrected chi connectivity index (χ1v) is 6.55. The monoisotopic (exact) mass is 321 g/mol. The molecule has 0 radical (unpaired) electrons. The number of hydrogen-bond acceptors (Lipinski definition) is 2. The fourth-order valence-corrected chi connectivity index (χ4v) is 2.47. The number of hydrogen-bond donors (Lipinski definition) is 0. The second-order valence-electron chi connectivity index (χ2n) is 4.14. The maximum Gasteiger partial charge on any atom is 0.350 e. The Bertz CT molecular complexity index is 658. The number of allylic oxidation sites excluding steroid dienone is 5. The minimum atomic E-state index is -2.86. The molecule has 4 nitrogen and oxygen atoms in total. The quantitative estimate of drug-likeness (QED) is 0.796. The van der Waals surface area contributed by atoms with Gasteiger partial charge in [0.05, 0.1) is 10.7 Å². The molecule has 1 aromatic rings. The van der Waals surface area contributed by atoms with E-state index in [1.165, 1.54) is 12.2 Å². The van der Waals surface area contributed by atoms with Crippen LogP contribution in [-0.2, 0) is 6.54 Å². The summed E-state index contributed by atoms with van der Waals surface area (Å²) in [6.07, 6.45) is 0.835. The highest BCUT2D eigenvalue weighted by molar-refractivity contribution is 6.36. The van der Waals surface area contributed by atoms with E-state index in [0.717, 1.165) is 9.25 Å². The van der Waals surface area contributed by atoms with E-state index in [0.29, 0.717) is 23.6 Å². The molecule has 0 bridgehead atoms. The van der Waals surface area contributed by atoms with E-state index < -0.39 is 17.9 Å². The molecule has 0 spiro atoms. The van der Waals surface area contributed by atoms with Gasteiger partial charge in [0.2, 0.25) is 5.82 Å². The van der Waals surface area contributed by atoms with Crippen LogP contribution in [0.15, 0.2) is 33.6 Å². The van der Waals surface area contributed by atoms with Crippen LogP contribution in [0.25, 0.3) is 5.70 Å². The highest BCUT2D eigenvalue weighted by Crippen LogP contribution is 2.30. The van der Waals surface area contributed by atoms with Crippen LogP contribution in [0, 0.1) is 0 Å². The zero-order chi connectivity index (χ0) is 14.9. The molecule has 8 heteroatoms. The molecule has 108 valence electrons. The third-order valence-corrected chi connectivity index (χ3v) is 3.44. The minimum Gasteiger partial charge on any atom is -0.270 e. The molecular formula is C12H11Cl2F2N3O. The maximum absolute atomic E-state index is 12.9. The van der Waals surface area contributed by atoms with Crippen molar-refractivity contribution in [3.8, 4) is 0 Å². The third-order valence-electron chi connectivity index (χ3n) is 2.81. The van der Waals surface area contributed by atoms with Crippen molar-refractivity contribution in [2.24, 2.45) is 0 Å². The van der Waals surface area contributed by atoms with E-state index >= 15 is 0 Å². The van der Waals surface area contributed by atoms with Crippen LogP contribution in [0.1, 0.15) is 25.1 Å². The number of rotatable bonds is 4. The van der Waals surface area contributed by atoms with Crippen LogP contribution in [0.4, 0.5) is 8.78 Å². The van der Waals surface area contributed by atoms with Crippen molar-refractivity contribution in [2.45, 2.75) is 25.8 Å². The lowest BCUT2D eigenvalue weighted by Crippen LogP contribution is -2.25. The lowest BCUT2D eigenvalue weighted by Gasteiger charge is -2.12. The van der Waals surface area contributed by atoms with Crippen LogP contribution in [0.2, 0.25) is 0 Å². The standard InChI is InChI=1S/C12H11Cl2F2N3O/c1-2-5-18-11(10(15)16)17-19(12(18)20)9-4-3-7(13)6-8(9)14/h2,6,10H,1,3-5H2. The molecule has 1 aromatic heterocycles. The summed E-state index contributed by atoms with van der Waals surface area (Å²) in [6, 6.07) is 0. The molecule has 0 aliphatic heterocycles. The molecule has 0 fully saturated rings. The molecule has 0 aromatic carbocycles. The van der Waals surface area contributed by atoms with Crippen molar-refractivity contribution in [3.63, 3.8) is 0 Å². The van der Waals surface area contributed by atoms with Gasteiger partial charge in [-0.05, 0) is 18.9 Å². The van der Waals surface area contributed by atoms with Crippen molar-refractivity contribution < 1.29 is 8.78 Å². The molecule has 20 heavy (non-hydrogen) atoms. The lowest BCUT2D eigenvalue weighted by atomic mass is 10.1. The van der Waals surface area contributed by atoms with Gasteiger partial charge in [0.15, 0.2) is 0 Å². The molecule has 1 heterocycles. The average Bonchev–Trinajstić information content (AvgIpc) is 2.68. The predicted molar refractivity (Wildman–Crippen MR) is 73.9 cm³/mol. The number of nitrogens with zero attached hydrogens (tertiary/aromatic N) is 3. The van der Waals surface area contributed by atoms with E-state index in [4.69, 9.17) is 23.2 Å². The molecular weight excluding hydrogens is 311 g/mol. The van der Waals surface area contributed by atoms with Crippen molar-refractivity contribution in [3.05, 3.63) is 45.1 Å². The summed E-state index contributed by atoms with van der Waals surface area (Å²) in [5, 5.41) is 4.46. The molecule has 0 atom stereocenters. The van der Waals surface area contributed by atoms with Crippen molar-refractivity contribution in [2.75, 3.05) is 0 Å². The molecule has 0 saturated heterocycles. The highest BCUT2D eigenvalue weighted by atomic mass is 35.5. The van der Waals surface area contributed by atoms with Gasteiger partial charge in [-0.1, -0.05) is 29.3 Å². The second-order valence-corrected chi connectivity index (χ2v) is 5.03. The summed E-state index contributed by atoms with van der Waals surface area (Å²) < 4.78 is 27.6. The third kappa shape index (κ3) is 2.71. The fraction of sp³-hybridized carbons (Fsp3) is 0.333. The van der Waals surface area contributed by atoms with E-state index in [2.05, 4.69) is 11.7 Å². The van der Waals surface area contributed by atoms with Gasteiger partial charge < -0.3 is 0 Å². The Balaban J connectivity index is 2.59. The Morgan fingerprint density at radius 3 is 2.70 bits per heavy atom. The van der Waals surface area contributed by atoms with Crippen molar-refractivity contribution >= 4 is 28.9 Å². The van der Waals surface area contributed by atoms with Gasteiger partial charge in [-0.2, -0.15) is 4.68 Å². The zero-order valence-corrected chi connectivity index (χ0v) is 11.8.